The largest absolute Gasteiger partial charge is 0.298 e. The van der Waals surface area contributed by atoms with Crippen LogP contribution in [0.25, 0.3) is 10.2 Å². The minimum Gasteiger partial charge on any atom is -0.298 e. The van der Waals surface area contributed by atoms with Gasteiger partial charge in [0.05, 0.1) is 10.2 Å². The van der Waals surface area contributed by atoms with Crippen molar-refractivity contribution >= 4 is 43.9 Å². The van der Waals surface area contributed by atoms with E-state index in [-0.39, 0.29) is 5.91 Å². The van der Waals surface area contributed by atoms with Crippen molar-refractivity contribution in [3.63, 3.8) is 0 Å². The van der Waals surface area contributed by atoms with E-state index < -0.39 is 0 Å². The number of nitrogens with zero attached hydrogens (tertiary/aromatic N) is 1. The average molecular weight is 364 g/mol. The molecule has 2 aromatic heterocycles. The highest BCUT2D eigenvalue weighted by Crippen LogP contribution is 2.27. The molecule has 124 valence electrons. The number of hydrogen-bond acceptors (Lipinski definition) is 4. The summed E-state index contributed by atoms with van der Waals surface area (Å²) in [4.78, 5) is 18.2. The summed E-state index contributed by atoms with van der Waals surface area (Å²) in [6.45, 7) is 2.05. The molecule has 0 atom stereocenters. The van der Waals surface area contributed by atoms with Gasteiger partial charge in [0, 0.05) is 16.9 Å². The molecule has 3 nitrogen and oxygen atoms in total. The van der Waals surface area contributed by atoms with Gasteiger partial charge in [0.15, 0.2) is 5.13 Å². The summed E-state index contributed by atoms with van der Waals surface area (Å²) in [7, 11) is 0. The van der Waals surface area contributed by atoms with Crippen LogP contribution in [0.5, 0.6) is 0 Å². The number of carbonyl (C=O) groups excluding carboxylic acids is 1. The fourth-order valence-electron chi connectivity index (χ4n) is 2.64. The molecule has 2 heterocycles. The Morgan fingerprint density at radius 3 is 2.72 bits per heavy atom. The first-order valence-electron chi connectivity index (χ1n) is 7.97. The van der Waals surface area contributed by atoms with E-state index in [1.54, 1.807) is 11.3 Å². The van der Waals surface area contributed by atoms with E-state index in [4.69, 9.17) is 0 Å². The molecule has 0 saturated carbocycles. The molecular weight excluding hydrogens is 348 g/mol. The second-order valence-electron chi connectivity index (χ2n) is 5.90. The summed E-state index contributed by atoms with van der Waals surface area (Å²) in [6, 6.07) is 18.0. The number of nitrogens with one attached hydrogen (secondary N) is 1. The van der Waals surface area contributed by atoms with E-state index in [9.17, 15) is 4.79 Å². The van der Waals surface area contributed by atoms with Gasteiger partial charge >= 0.3 is 0 Å². The minimum atomic E-state index is -0.126. The number of aromatic nitrogens is 1. The van der Waals surface area contributed by atoms with Gasteiger partial charge in [0.2, 0.25) is 0 Å². The van der Waals surface area contributed by atoms with Crippen molar-refractivity contribution in [2.24, 2.45) is 0 Å². The maximum atomic E-state index is 12.4. The fourth-order valence-corrected chi connectivity index (χ4v) is 4.34. The monoisotopic (exact) mass is 364 g/mol. The molecule has 0 fully saturated rings. The van der Waals surface area contributed by atoms with Crippen LogP contribution in [0.2, 0.25) is 0 Å². The average Bonchev–Trinajstić information content (AvgIpc) is 3.24. The molecular formula is C20H16N2OS2. The van der Waals surface area contributed by atoms with E-state index in [0.717, 1.165) is 16.6 Å². The standard InChI is InChI=1S/C20H16N2OS2/c1-13-4-9-17-18(11-13)25-20(21-17)22-19(23)15-7-5-14(6-8-15)12-16-3-2-10-24-16/h2-11H,12H2,1H3,(H,21,22,23). The molecule has 0 aliphatic rings. The number of hydrogen-bond donors (Lipinski definition) is 1. The number of fused-ring (bicyclic) bond motifs is 1. The molecule has 1 amide bonds. The highest BCUT2D eigenvalue weighted by atomic mass is 32.1. The summed E-state index contributed by atoms with van der Waals surface area (Å²) in [6.07, 6.45) is 0.900. The Hall–Kier alpha value is -2.50. The second kappa shape index (κ2) is 6.78. The predicted octanol–water partition coefficient (Wildman–Crippen LogP) is 5.51. The van der Waals surface area contributed by atoms with Crippen molar-refractivity contribution in [1.29, 1.82) is 0 Å². The lowest BCUT2D eigenvalue weighted by Crippen LogP contribution is -2.11. The number of benzene rings is 2. The van der Waals surface area contributed by atoms with E-state index in [0.29, 0.717) is 10.7 Å². The zero-order valence-corrected chi connectivity index (χ0v) is 15.3. The van der Waals surface area contributed by atoms with Crippen LogP contribution in [0.4, 0.5) is 5.13 Å². The first-order valence-corrected chi connectivity index (χ1v) is 9.67. The molecule has 0 aliphatic heterocycles. The zero-order valence-electron chi connectivity index (χ0n) is 13.7. The molecule has 5 heteroatoms. The number of aryl methyl sites for hydroxylation is 1. The molecule has 0 saturated heterocycles. The van der Waals surface area contributed by atoms with Crippen LogP contribution in [-0.4, -0.2) is 10.9 Å². The van der Waals surface area contributed by atoms with Crippen LogP contribution >= 0.6 is 22.7 Å². The first-order chi connectivity index (χ1) is 12.2. The quantitative estimate of drug-likeness (QED) is 0.519. The summed E-state index contributed by atoms with van der Waals surface area (Å²) >= 11 is 3.25. The van der Waals surface area contributed by atoms with Crippen molar-refractivity contribution < 1.29 is 4.79 Å². The Balaban J connectivity index is 1.48. The lowest BCUT2D eigenvalue weighted by Gasteiger charge is -2.03. The number of carbonyl (C=O) groups is 1. The van der Waals surface area contributed by atoms with Crippen molar-refractivity contribution in [2.75, 3.05) is 5.32 Å². The van der Waals surface area contributed by atoms with Gasteiger partial charge in [-0.05, 0) is 53.8 Å². The first kappa shape index (κ1) is 16.0. The molecule has 0 aliphatic carbocycles. The molecule has 2 aromatic carbocycles. The Kier molecular flexibility index (Phi) is 4.34. The lowest BCUT2D eigenvalue weighted by atomic mass is 10.1. The number of thiazole rings is 1. The predicted molar refractivity (Wildman–Crippen MR) is 106 cm³/mol. The van der Waals surface area contributed by atoms with Crippen molar-refractivity contribution in [1.82, 2.24) is 4.98 Å². The second-order valence-corrected chi connectivity index (χ2v) is 7.96. The fraction of sp³-hybridized carbons (Fsp3) is 0.100. The third kappa shape index (κ3) is 3.62. The smallest absolute Gasteiger partial charge is 0.257 e. The molecule has 4 rings (SSSR count). The van der Waals surface area contributed by atoms with E-state index >= 15 is 0 Å². The van der Waals surface area contributed by atoms with E-state index in [1.165, 1.54) is 27.3 Å². The number of thiophene rings is 1. The van der Waals surface area contributed by atoms with Crippen molar-refractivity contribution in [2.45, 2.75) is 13.3 Å². The maximum absolute atomic E-state index is 12.4. The molecule has 4 aromatic rings. The summed E-state index contributed by atoms with van der Waals surface area (Å²) in [5.74, 6) is -0.126. The maximum Gasteiger partial charge on any atom is 0.257 e. The summed E-state index contributed by atoms with van der Waals surface area (Å²) < 4.78 is 1.08. The lowest BCUT2D eigenvalue weighted by molar-refractivity contribution is 0.102. The molecule has 0 radical (unpaired) electrons. The number of anilines is 1. The summed E-state index contributed by atoms with van der Waals surface area (Å²) in [5, 5.41) is 5.62. The third-order valence-electron chi connectivity index (χ3n) is 3.94. The molecule has 0 unspecified atom stereocenters. The van der Waals surface area contributed by atoms with Gasteiger partial charge in [-0.2, -0.15) is 0 Å². The van der Waals surface area contributed by atoms with Gasteiger partial charge in [-0.1, -0.05) is 35.6 Å². The Morgan fingerprint density at radius 2 is 1.96 bits per heavy atom. The normalized spacial score (nSPS) is 10.9. The minimum absolute atomic E-state index is 0.126. The van der Waals surface area contributed by atoms with Gasteiger partial charge in [0.1, 0.15) is 0 Å². The Bertz CT molecular complexity index is 1020. The number of rotatable bonds is 4. The molecule has 1 N–H and O–H groups in total. The van der Waals surface area contributed by atoms with Crippen LogP contribution in [-0.2, 0) is 6.42 Å². The SMILES string of the molecule is Cc1ccc2nc(NC(=O)c3ccc(Cc4cccs4)cc3)sc2c1. The van der Waals surface area contributed by atoms with Gasteiger partial charge < -0.3 is 0 Å². The van der Waals surface area contributed by atoms with Crippen molar-refractivity contribution in [3.05, 3.63) is 81.5 Å². The Labute approximate surface area is 154 Å². The molecule has 0 spiro atoms. The van der Waals surface area contributed by atoms with Crippen LogP contribution in [0.15, 0.2) is 60.0 Å². The van der Waals surface area contributed by atoms with Crippen LogP contribution in [0.1, 0.15) is 26.4 Å². The Morgan fingerprint density at radius 1 is 1.12 bits per heavy atom. The van der Waals surface area contributed by atoms with Crippen LogP contribution in [0, 0.1) is 6.92 Å². The van der Waals surface area contributed by atoms with Crippen LogP contribution < -0.4 is 5.32 Å². The highest BCUT2D eigenvalue weighted by Gasteiger charge is 2.10. The van der Waals surface area contributed by atoms with E-state index in [1.807, 2.05) is 36.4 Å². The summed E-state index contributed by atoms with van der Waals surface area (Å²) in [5.41, 5.74) is 3.95. The third-order valence-corrected chi connectivity index (χ3v) is 5.75. The number of amides is 1. The van der Waals surface area contributed by atoms with E-state index in [2.05, 4.69) is 40.8 Å². The van der Waals surface area contributed by atoms with Crippen molar-refractivity contribution in [3.8, 4) is 0 Å². The topological polar surface area (TPSA) is 42.0 Å². The van der Waals surface area contributed by atoms with Gasteiger partial charge in [-0.25, -0.2) is 4.98 Å². The zero-order chi connectivity index (χ0) is 17.2. The van der Waals surface area contributed by atoms with Crippen LogP contribution in [0.3, 0.4) is 0 Å². The van der Waals surface area contributed by atoms with Gasteiger partial charge in [0.25, 0.3) is 5.91 Å². The highest BCUT2D eigenvalue weighted by molar-refractivity contribution is 7.22. The molecule has 0 bridgehead atoms. The van der Waals surface area contributed by atoms with Gasteiger partial charge in [-0.15, -0.1) is 11.3 Å². The molecule has 25 heavy (non-hydrogen) atoms. The van der Waals surface area contributed by atoms with Gasteiger partial charge in [-0.3, -0.25) is 10.1 Å².